The van der Waals surface area contributed by atoms with Crippen molar-refractivity contribution in [3.05, 3.63) is 0 Å². The van der Waals surface area contributed by atoms with Crippen LogP contribution >= 0.6 is 0 Å². The van der Waals surface area contributed by atoms with Gasteiger partial charge < -0.3 is 0 Å². The Morgan fingerprint density at radius 2 is 2.50 bits per heavy atom. The molecule has 0 unspecified atom stereocenters. The Bertz CT molecular complexity index is 20.8. The molecule has 0 rings (SSSR count). The van der Waals surface area contributed by atoms with Gasteiger partial charge in [-0.2, -0.15) is 0 Å². The van der Waals surface area contributed by atoms with Crippen LogP contribution < -0.4 is 14.1 Å². The Kier molecular flexibility index (Phi) is 6.02. The molecule has 40 valence electrons. The van der Waals surface area contributed by atoms with Gasteiger partial charge in [0, 0.05) is 0 Å². The van der Waals surface area contributed by atoms with Crippen LogP contribution in [0.3, 0.4) is 0 Å². The third-order valence-electron chi connectivity index (χ3n) is 0.276. The molecule has 0 saturated carbocycles. The van der Waals surface area contributed by atoms with Gasteiger partial charge in [-0.05, 0) is 0 Å². The third-order valence-corrected chi connectivity index (χ3v) is 1.36. The number of hydrogen-bond donors (Lipinski definition) is 2. The molecule has 0 aromatic rings. The summed E-state index contributed by atoms with van der Waals surface area (Å²) in [7, 11) is 0. The van der Waals surface area contributed by atoms with Gasteiger partial charge in [-0.3, -0.25) is 0 Å². The van der Waals surface area contributed by atoms with Crippen LogP contribution in [0.25, 0.3) is 0 Å². The Labute approximate surface area is 46.0 Å². The first-order valence-electron chi connectivity index (χ1n) is 1.57. The third kappa shape index (κ3) is 4.53. The second kappa shape index (κ2) is 5.53. The summed E-state index contributed by atoms with van der Waals surface area (Å²) in [6, 6.07) is 0. The molecule has 4 N–H and O–H groups in total. The van der Waals surface area contributed by atoms with E-state index < -0.39 is 0 Å². The molecule has 6 heavy (non-hydrogen) atoms. The van der Waals surface area contributed by atoms with E-state index in [0.29, 0.717) is 6.54 Å². The van der Waals surface area contributed by atoms with Crippen molar-refractivity contribution in [3.63, 3.8) is 0 Å². The van der Waals surface area contributed by atoms with Gasteiger partial charge >= 0.3 is 45.4 Å². The Balaban J connectivity index is 2.34. The Morgan fingerprint density at radius 3 is 2.67 bits per heavy atom. The second-order valence-electron chi connectivity index (χ2n) is 0.714. The summed E-state index contributed by atoms with van der Waals surface area (Å²) in [4.78, 5) is 0. The molecule has 0 aliphatic rings. The number of hydrogen-bond acceptors (Lipinski definition) is 2. The second-order valence-corrected chi connectivity index (χ2v) is 2.25. The van der Waals surface area contributed by atoms with E-state index in [2.05, 4.69) is 3.99 Å². The minimum absolute atomic E-state index is 0.372. The van der Waals surface area contributed by atoms with Crippen LogP contribution in [0, 0.1) is 0 Å². The van der Waals surface area contributed by atoms with Crippen LogP contribution in [0.2, 0.25) is 0 Å². The molecule has 3 nitrogen and oxygen atoms in total. The predicted octanol–water partition coefficient (Wildman–Crippen LogP) is -1.27. The zero-order valence-electron chi connectivity index (χ0n) is 3.32. The van der Waals surface area contributed by atoms with Crippen LogP contribution in [-0.4, -0.2) is 13.1 Å². The van der Waals surface area contributed by atoms with E-state index in [-0.39, 0.29) is 18.2 Å². The van der Waals surface area contributed by atoms with Crippen LogP contribution in [0.1, 0.15) is 0 Å². The van der Waals surface area contributed by atoms with Gasteiger partial charge in [-0.15, -0.1) is 0 Å². The molecule has 0 spiro atoms. The van der Waals surface area contributed by atoms with Gasteiger partial charge in [0.2, 0.25) is 0 Å². The standard InChI is InChI=1S/C2H6N2.Ir.H2N/c3-1-2-4;;/h3-4H,1-2H2;;1H2/q-1;+2;-1. The SMILES string of the molecule is [NH]CC[NH][Ir][NH2]. The quantitative estimate of drug-likeness (QED) is 0.626. The van der Waals surface area contributed by atoms with E-state index in [1.165, 1.54) is 0 Å². The molecule has 0 fully saturated rings. The average Bonchev–Trinajstić information content (AvgIpc) is 1.61. The summed E-state index contributed by atoms with van der Waals surface area (Å²) in [6.45, 7) is 1.21. The van der Waals surface area contributed by atoms with Crippen molar-refractivity contribution in [1.82, 2.24) is 9.72 Å². The van der Waals surface area contributed by atoms with E-state index in [9.17, 15) is 0 Å². The van der Waals surface area contributed by atoms with E-state index in [1.807, 2.05) is 0 Å². The first-order chi connectivity index (χ1) is 2.91. The fourth-order valence-electron chi connectivity index (χ4n) is 0.0898. The first kappa shape index (κ1) is 6.53. The van der Waals surface area contributed by atoms with Gasteiger partial charge in [0.15, 0.2) is 0 Å². The Hall–Kier alpha value is 0.529. The van der Waals surface area contributed by atoms with E-state index in [1.54, 1.807) is 0 Å². The normalized spacial score (nSPS) is 9.67. The molecule has 0 aliphatic carbocycles. The molecule has 0 atom stereocenters. The molecule has 0 bridgehead atoms. The fraction of sp³-hybridized carbons (Fsp3) is 1.00. The van der Waals surface area contributed by atoms with Crippen molar-refractivity contribution < 1.29 is 18.2 Å². The van der Waals surface area contributed by atoms with Gasteiger partial charge in [-0.1, -0.05) is 0 Å². The van der Waals surface area contributed by atoms with Crippen molar-refractivity contribution in [2.45, 2.75) is 0 Å². The van der Waals surface area contributed by atoms with E-state index in [4.69, 9.17) is 10.1 Å². The van der Waals surface area contributed by atoms with Crippen molar-refractivity contribution in [2.75, 3.05) is 13.1 Å². The summed E-state index contributed by atoms with van der Waals surface area (Å²) < 4.78 is 8.06. The summed E-state index contributed by atoms with van der Waals surface area (Å²) in [5.74, 6) is 0. The first-order valence-corrected chi connectivity index (χ1v) is 4.15. The van der Waals surface area contributed by atoms with E-state index in [0.717, 1.165) is 6.54 Å². The monoisotopic (exact) mass is 267 g/mol. The zero-order valence-corrected chi connectivity index (χ0v) is 5.72. The Morgan fingerprint density at radius 1 is 1.83 bits per heavy atom. The van der Waals surface area contributed by atoms with Crippen molar-refractivity contribution in [2.24, 2.45) is 4.40 Å². The van der Waals surface area contributed by atoms with Crippen LogP contribution in [0.15, 0.2) is 0 Å². The van der Waals surface area contributed by atoms with Crippen LogP contribution in [-0.2, 0) is 18.2 Å². The van der Waals surface area contributed by atoms with Gasteiger partial charge in [0.25, 0.3) is 0 Å². The molecular weight excluding hydrogens is 258 g/mol. The summed E-state index contributed by atoms with van der Waals surface area (Å²) >= 11 is -0.372. The average molecular weight is 266 g/mol. The summed E-state index contributed by atoms with van der Waals surface area (Å²) in [6.07, 6.45) is 0. The number of nitrogens with one attached hydrogen (secondary N) is 2. The number of rotatable bonds is 3. The van der Waals surface area contributed by atoms with Gasteiger partial charge in [-0.25, -0.2) is 0 Å². The van der Waals surface area contributed by atoms with Crippen molar-refractivity contribution in [1.29, 1.82) is 0 Å². The topological polar surface area (TPSA) is 61.8 Å². The molecule has 0 heterocycles. The summed E-state index contributed by atoms with van der Waals surface area (Å²) in [5, 5.41) is 0. The molecular formula is C2H8IrN3. The van der Waals surface area contributed by atoms with Crippen LogP contribution in [0.5, 0.6) is 0 Å². The molecule has 0 aliphatic heterocycles. The number of nitrogens with two attached hydrogens (primary N) is 1. The predicted molar refractivity (Wildman–Crippen MR) is 20.2 cm³/mol. The molecule has 0 aromatic heterocycles. The zero-order chi connectivity index (χ0) is 4.83. The minimum atomic E-state index is -0.372. The summed E-state index contributed by atoms with van der Waals surface area (Å²) in [5.41, 5.74) is 6.61. The molecule has 0 saturated heterocycles. The van der Waals surface area contributed by atoms with Gasteiger partial charge in [0.1, 0.15) is 0 Å². The molecule has 1 radical (unpaired) electrons. The van der Waals surface area contributed by atoms with Crippen molar-refractivity contribution >= 4 is 0 Å². The van der Waals surface area contributed by atoms with Gasteiger partial charge in [0.05, 0.1) is 0 Å². The molecule has 0 aromatic carbocycles. The molecule has 0 amide bonds. The fourth-order valence-corrected chi connectivity index (χ4v) is 0.735. The maximum absolute atomic E-state index is 6.61. The van der Waals surface area contributed by atoms with Crippen LogP contribution in [0.4, 0.5) is 0 Å². The molecule has 4 heteroatoms. The van der Waals surface area contributed by atoms with Crippen molar-refractivity contribution in [3.8, 4) is 0 Å². The maximum atomic E-state index is 6.61. The van der Waals surface area contributed by atoms with E-state index >= 15 is 0 Å².